The van der Waals surface area contributed by atoms with Crippen LogP contribution in [0.3, 0.4) is 0 Å². The summed E-state index contributed by atoms with van der Waals surface area (Å²) in [5, 5.41) is 0. The molecular formula is C22H30O. The van der Waals surface area contributed by atoms with E-state index in [2.05, 4.69) is 62.4 Å². The first-order chi connectivity index (χ1) is 11.2. The maximum absolute atomic E-state index is 5.76. The van der Waals surface area contributed by atoms with E-state index in [1.807, 2.05) is 0 Å². The lowest BCUT2D eigenvalue weighted by atomic mass is 10.1. The van der Waals surface area contributed by atoms with Gasteiger partial charge in [0.05, 0.1) is 0 Å². The van der Waals surface area contributed by atoms with Crippen molar-refractivity contribution in [3.05, 3.63) is 70.8 Å². The second kappa shape index (κ2) is 10.2. The summed E-state index contributed by atoms with van der Waals surface area (Å²) in [6.07, 6.45) is 7.08. The lowest BCUT2D eigenvalue weighted by Crippen LogP contribution is -1.99. The van der Waals surface area contributed by atoms with E-state index in [1.54, 1.807) is 0 Å². The first-order valence-electron chi connectivity index (χ1n) is 8.93. The Labute approximate surface area is 141 Å². The molecule has 0 fully saturated rings. The van der Waals surface area contributed by atoms with Gasteiger partial charge in [-0.2, -0.15) is 0 Å². The van der Waals surface area contributed by atoms with E-state index in [0.29, 0.717) is 0 Å². The van der Waals surface area contributed by atoms with E-state index >= 15 is 0 Å². The van der Waals surface area contributed by atoms with Gasteiger partial charge in [-0.15, -0.1) is 0 Å². The molecule has 2 rings (SSSR count). The minimum absolute atomic E-state index is 0.899. The van der Waals surface area contributed by atoms with Crippen molar-refractivity contribution in [1.82, 2.24) is 0 Å². The molecule has 0 saturated carbocycles. The largest absolute Gasteiger partial charge is 0.381 e. The van der Waals surface area contributed by atoms with Crippen molar-refractivity contribution in [1.29, 1.82) is 0 Å². The summed E-state index contributed by atoms with van der Waals surface area (Å²) in [6, 6.07) is 17.6. The maximum Gasteiger partial charge on any atom is 0.0466 e. The Hall–Kier alpha value is -1.60. The SMILES string of the molecule is Cc1cccc(CCCCOCCCCc2cccc(C)c2)c1. The smallest absolute Gasteiger partial charge is 0.0466 e. The van der Waals surface area contributed by atoms with Gasteiger partial charge in [0, 0.05) is 13.2 Å². The Balaban J connectivity index is 1.45. The van der Waals surface area contributed by atoms with Crippen LogP contribution in [0, 0.1) is 13.8 Å². The molecule has 1 heteroatoms. The molecule has 0 amide bonds. The van der Waals surface area contributed by atoms with Gasteiger partial charge in [-0.05, 0) is 63.5 Å². The average Bonchev–Trinajstić information content (AvgIpc) is 2.53. The molecule has 0 N–H and O–H groups in total. The average molecular weight is 310 g/mol. The standard InChI is InChI=1S/C22H30O/c1-19-9-7-13-21(17-19)11-3-5-15-23-16-6-4-12-22-14-8-10-20(2)18-22/h7-10,13-14,17-18H,3-6,11-12,15-16H2,1-2H3. The van der Waals surface area contributed by atoms with Crippen LogP contribution in [0.1, 0.15) is 47.9 Å². The lowest BCUT2D eigenvalue weighted by Gasteiger charge is -2.06. The van der Waals surface area contributed by atoms with Gasteiger partial charge in [0.2, 0.25) is 0 Å². The first-order valence-corrected chi connectivity index (χ1v) is 8.93. The molecule has 0 unspecified atom stereocenters. The van der Waals surface area contributed by atoms with Crippen molar-refractivity contribution in [2.24, 2.45) is 0 Å². The topological polar surface area (TPSA) is 9.23 Å². The summed E-state index contributed by atoms with van der Waals surface area (Å²) in [5.74, 6) is 0. The molecule has 23 heavy (non-hydrogen) atoms. The summed E-state index contributed by atoms with van der Waals surface area (Å²) in [6.45, 7) is 6.11. The van der Waals surface area contributed by atoms with Crippen LogP contribution in [0.2, 0.25) is 0 Å². The van der Waals surface area contributed by atoms with Gasteiger partial charge in [-0.25, -0.2) is 0 Å². The molecule has 0 bridgehead atoms. The molecule has 0 aliphatic heterocycles. The van der Waals surface area contributed by atoms with Crippen LogP contribution in [-0.4, -0.2) is 13.2 Å². The summed E-state index contributed by atoms with van der Waals surface area (Å²) in [7, 11) is 0. The highest BCUT2D eigenvalue weighted by Gasteiger charge is 1.96. The third-order valence-corrected chi connectivity index (χ3v) is 4.17. The normalized spacial score (nSPS) is 10.9. The van der Waals surface area contributed by atoms with E-state index in [9.17, 15) is 0 Å². The van der Waals surface area contributed by atoms with Crippen LogP contribution < -0.4 is 0 Å². The molecule has 0 atom stereocenters. The molecule has 0 aliphatic carbocycles. The first kappa shape index (κ1) is 17.7. The number of ether oxygens (including phenoxy) is 1. The Kier molecular flexibility index (Phi) is 7.89. The van der Waals surface area contributed by atoms with Gasteiger partial charge in [-0.1, -0.05) is 59.7 Å². The van der Waals surface area contributed by atoms with Gasteiger partial charge in [0.1, 0.15) is 0 Å². The number of aryl methyl sites for hydroxylation is 4. The van der Waals surface area contributed by atoms with Crippen molar-refractivity contribution in [3.8, 4) is 0 Å². The van der Waals surface area contributed by atoms with Crippen LogP contribution >= 0.6 is 0 Å². The van der Waals surface area contributed by atoms with E-state index in [-0.39, 0.29) is 0 Å². The molecule has 0 aliphatic rings. The predicted molar refractivity (Wildman–Crippen MR) is 99.1 cm³/mol. The van der Waals surface area contributed by atoms with Crippen LogP contribution in [-0.2, 0) is 17.6 Å². The Morgan fingerprint density at radius 3 is 1.57 bits per heavy atom. The fourth-order valence-electron chi connectivity index (χ4n) is 2.90. The Morgan fingerprint density at radius 1 is 0.652 bits per heavy atom. The molecule has 0 heterocycles. The summed E-state index contributed by atoms with van der Waals surface area (Å²) < 4.78 is 5.76. The molecule has 0 radical (unpaired) electrons. The predicted octanol–water partition coefficient (Wildman–Crippen LogP) is 5.67. The van der Waals surface area contributed by atoms with Crippen LogP contribution in [0.15, 0.2) is 48.5 Å². The fraction of sp³-hybridized carbons (Fsp3) is 0.455. The molecule has 124 valence electrons. The summed E-state index contributed by atoms with van der Waals surface area (Å²) in [4.78, 5) is 0. The molecular weight excluding hydrogens is 280 g/mol. The number of unbranched alkanes of at least 4 members (excludes halogenated alkanes) is 2. The van der Waals surface area contributed by atoms with Crippen molar-refractivity contribution < 1.29 is 4.74 Å². The van der Waals surface area contributed by atoms with E-state index in [4.69, 9.17) is 4.74 Å². The van der Waals surface area contributed by atoms with Crippen LogP contribution in [0.25, 0.3) is 0 Å². The molecule has 1 nitrogen and oxygen atoms in total. The maximum atomic E-state index is 5.76. The van der Waals surface area contributed by atoms with Crippen molar-refractivity contribution in [3.63, 3.8) is 0 Å². The third-order valence-electron chi connectivity index (χ3n) is 4.17. The van der Waals surface area contributed by atoms with E-state index in [1.165, 1.54) is 47.9 Å². The third kappa shape index (κ3) is 7.47. The number of hydrogen-bond donors (Lipinski definition) is 0. The van der Waals surface area contributed by atoms with Crippen LogP contribution in [0.4, 0.5) is 0 Å². The van der Waals surface area contributed by atoms with Crippen molar-refractivity contribution >= 4 is 0 Å². The monoisotopic (exact) mass is 310 g/mol. The van der Waals surface area contributed by atoms with Crippen molar-refractivity contribution in [2.45, 2.75) is 52.4 Å². The summed E-state index contributed by atoms with van der Waals surface area (Å²) in [5.41, 5.74) is 5.60. The van der Waals surface area contributed by atoms with Gasteiger partial charge >= 0.3 is 0 Å². The minimum atomic E-state index is 0.899. The Morgan fingerprint density at radius 2 is 1.13 bits per heavy atom. The zero-order chi connectivity index (χ0) is 16.3. The zero-order valence-electron chi connectivity index (χ0n) is 14.7. The summed E-state index contributed by atoms with van der Waals surface area (Å²) >= 11 is 0. The van der Waals surface area contributed by atoms with E-state index in [0.717, 1.165) is 26.1 Å². The quantitative estimate of drug-likeness (QED) is 0.514. The van der Waals surface area contributed by atoms with Crippen LogP contribution in [0.5, 0.6) is 0 Å². The fourth-order valence-corrected chi connectivity index (χ4v) is 2.90. The minimum Gasteiger partial charge on any atom is -0.381 e. The molecule has 0 spiro atoms. The molecule has 2 aromatic rings. The van der Waals surface area contributed by atoms with Gasteiger partial charge in [-0.3, -0.25) is 0 Å². The van der Waals surface area contributed by atoms with Gasteiger partial charge < -0.3 is 4.74 Å². The van der Waals surface area contributed by atoms with E-state index < -0.39 is 0 Å². The second-order valence-corrected chi connectivity index (χ2v) is 6.50. The molecule has 2 aromatic carbocycles. The number of rotatable bonds is 10. The number of benzene rings is 2. The van der Waals surface area contributed by atoms with Gasteiger partial charge in [0.25, 0.3) is 0 Å². The highest BCUT2D eigenvalue weighted by Crippen LogP contribution is 2.09. The molecule has 0 aromatic heterocycles. The highest BCUT2D eigenvalue weighted by molar-refractivity contribution is 5.22. The number of hydrogen-bond acceptors (Lipinski definition) is 1. The lowest BCUT2D eigenvalue weighted by molar-refractivity contribution is 0.127. The second-order valence-electron chi connectivity index (χ2n) is 6.50. The van der Waals surface area contributed by atoms with Gasteiger partial charge in [0.15, 0.2) is 0 Å². The zero-order valence-corrected chi connectivity index (χ0v) is 14.7. The van der Waals surface area contributed by atoms with Crippen molar-refractivity contribution in [2.75, 3.05) is 13.2 Å². The highest BCUT2D eigenvalue weighted by atomic mass is 16.5. The molecule has 0 saturated heterocycles. The Bertz CT molecular complexity index is 522.